The van der Waals surface area contributed by atoms with Crippen LogP contribution in [0.2, 0.25) is 0 Å². The minimum Gasteiger partial charge on any atom is -0.496 e. The Morgan fingerprint density at radius 3 is 2.67 bits per heavy atom. The number of amides is 1. The van der Waals surface area contributed by atoms with E-state index in [4.69, 9.17) is 4.74 Å². The highest BCUT2D eigenvalue weighted by atomic mass is 19.4. The van der Waals surface area contributed by atoms with E-state index < -0.39 is 30.7 Å². The van der Waals surface area contributed by atoms with E-state index >= 15 is 0 Å². The SMILES string of the molecule is COc1ccccc1C(=O)N1CCCC(O)(C(F)(F)F)C1. The number of β-amino-alcohol motifs (C(OH)–C–C–N with tert-alkyl or cyclic N) is 1. The third kappa shape index (κ3) is 2.97. The van der Waals surface area contributed by atoms with E-state index in [-0.39, 0.29) is 18.5 Å². The number of halogens is 3. The van der Waals surface area contributed by atoms with Gasteiger partial charge in [-0.3, -0.25) is 4.79 Å². The highest BCUT2D eigenvalue weighted by Crippen LogP contribution is 2.37. The number of likely N-dealkylation sites (tertiary alicyclic amines) is 1. The van der Waals surface area contributed by atoms with Crippen LogP contribution >= 0.6 is 0 Å². The number of aliphatic hydroxyl groups is 1. The first-order chi connectivity index (χ1) is 9.78. The topological polar surface area (TPSA) is 49.8 Å². The summed E-state index contributed by atoms with van der Waals surface area (Å²) in [5, 5.41) is 9.75. The minimum atomic E-state index is -4.76. The molecule has 116 valence electrons. The summed E-state index contributed by atoms with van der Waals surface area (Å²) in [5.41, 5.74) is -2.66. The molecule has 0 bridgehead atoms. The second-order valence-electron chi connectivity index (χ2n) is 5.06. The van der Waals surface area contributed by atoms with Gasteiger partial charge in [-0.05, 0) is 25.0 Å². The van der Waals surface area contributed by atoms with Gasteiger partial charge in [0.25, 0.3) is 5.91 Å². The highest BCUT2D eigenvalue weighted by molar-refractivity contribution is 5.97. The average Bonchev–Trinajstić information content (AvgIpc) is 2.45. The van der Waals surface area contributed by atoms with Gasteiger partial charge < -0.3 is 14.7 Å². The van der Waals surface area contributed by atoms with Crippen molar-refractivity contribution < 1.29 is 27.8 Å². The number of methoxy groups -OCH3 is 1. The summed E-state index contributed by atoms with van der Waals surface area (Å²) in [5.74, 6) is -0.279. The summed E-state index contributed by atoms with van der Waals surface area (Å²) in [6.07, 6.45) is -5.06. The van der Waals surface area contributed by atoms with Gasteiger partial charge in [0.1, 0.15) is 5.75 Å². The minimum absolute atomic E-state index is 0.0941. The van der Waals surface area contributed by atoms with Crippen molar-refractivity contribution in [1.82, 2.24) is 4.90 Å². The van der Waals surface area contributed by atoms with Crippen LogP contribution < -0.4 is 4.74 Å². The van der Waals surface area contributed by atoms with Gasteiger partial charge in [-0.25, -0.2) is 0 Å². The summed E-state index contributed by atoms with van der Waals surface area (Å²) in [6, 6.07) is 6.32. The molecule has 0 spiro atoms. The Balaban J connectivity index is 2.24. The van der Waals surface area contributed by atoms with Crippen LogP contribution in [0.1, 0.15) is 23.2 Å². The molecule has 1 atom stereocenters. The molecule has 0 saturated carbocycles. The predicted octanol–water partition coefficient (Wildman–Crippen LogP) is 2.22. The van der Waals surface area contributed by atoms with Crippen LogP contribution in [0.5, 0.6) is 5.75 Å². The number of carbonyl (C=O) groups excluding carboxylic acids is 1. The molecule has 7 heteroatoms. The Kier molecular flexibility index (Phi) is 4.13. The molecule has 1 fully saturated rings. The van der Waals surface area contributed by atoms with Crippen molar-refractivity contribution in [3.63, 3.8) is 0 Å². The van der Waals surface area contributed by atoms with Crippen LogP contribution in [-0.4, -0.2) is 47.9 Å². The molecular formula is C14H16F3NO3. The maximum atomic E-state index is 12.9. The lowest BCUT2D eigenvalue weighted by Gasteiger charge is -2.40. The highest BCUT2D eigenvalue weighted by Gasteiger charge is 2.56. The summed E-state index contributed by atoms with van der Waals surface area (Å²) in [7, 11) is 1.38. The van der Waals surface area contributed by atoms with Gasteiger partial charge in [0.15, 0.2) is 5.60 Å². The zero-order chi connectivity index (χ0) is 15.7. The molecule has 0 aliphatic carbocycles. The molecule has 1 aromatic rings. The third-order valence-corrected chi connectivity index (χ3v) is 3.62. The van der Waals surface area contributed by atoms with Gasteiger partial charge in [-0.1, -0.05) is 12.1 Å². The third-order valence-electron chi connectivity index (χ3n) is 3.62. The van der Waals surface area contributed by atoms with Crippen molar-refractivity contribution in [2.75, 3.05) is 20.2 Å². The smallest absolute Gasteiger partial charge is 0.418 e. The lowest BCUT2D eigenvalue weighted by atomic mass is 9.91. The summed E-state index contributed by atoms with van der Waals surface area (Å²) in [6.45, 7) is -0.581. The molecule has 1 aliphatic heterocycles. The second-order valence-corrected chi connectivity index (χ2v) is 5.06. The number of hydrogen-bond donors (Lipinski definition) is 1. The number of hydrogen-bond acceptors (Lipinski definition) is 3. The monoisotopic (exact) mass is 303 g/mol. The van der Waals surface area contributed by atoms with Crippen molar-refractivity contribution >= 4 is 5.91 Å². The molecule has 1 aromatic carbocycles. The standard InChI is InChI=1S/C14H16F3NO3/c1-21-11-6-3-2-5-10(11)12(19)18-8-4-7-13(20,9-18)14(15,16)17/h2-3,5-6,20H,4,7-9H2,1H3. The largest absolute Gasteiger partial charge is 0.496 e. The van der Waals surface area contributed by atoms with Crippen molar-refractivity contribution in [2.24, 2.45) is 0 Å². The van der Waals surface area contributed by atoms with E-state index in [0.29, 0.717) is 5.75 Å². The molecular weight excluding hydrogens is 287 g/mol. The number of benzene rings is 1. The Bertz CT molecular complexity index is 532. The fourth-order valence-corrected chi connectivity index (χ4v) is 2.43. The molecule has 1 amide bonds. The lowest BCUT2D eigenvalue weighted by molar-refractivity contribution is -0.271. The summed E-state index contributed by atoms with van der Waals surface area (Å²) >= 11 is 0. The van der Waals surface area contributed by atoms with E-state index in [9.17, 15) is 23.1 Å². The van der Waals surface area contributed by atoms with Gasteiger partial charge in [0.05, 0.1) is 19.2 Å². The fourth-order valence-electron chi connectivity index (χ4n) is 2.43. The number of piperidine rings is 1. The van der Waals surface area contributed by atoms with Crippen LogP contribution in [0.15, 0.2) is 24.3 Å². The van der Waals surface area contributed by atoms with Crippen LogP contribution in [0.4, 0.5) is 13.2 Å². The fraction of sp³-hybridized carbons (Fsp3) is 0.500. The first-order valence-electron chi connectivity index (χ1n) is 6.50. The number of ether oxygens (including phenoxy) is 1. The normalized spacial score (nSPS) is 23.0. The second kappa shape index (κ2) is 5.55. The average molecular weight is 303 g/mol. The number of alkyl halides is 3. The molecule has 1 N–H and O–H groups in total. The van der Waals surface area contributed by atoms with Crippen molar-refractivity contribution in [1.29, 1.82) is 0 Å². The van der Waals surface area contributed by atoms with Gasteiger partial charge in [-0.2, -0.15) is 13.2 Å². The quantitative estimate of drug-likeness (QED) is 0.911. The number of rotatable bonds is 2. The van der Waals surface area contributed by atoms with Crippen LogP contribution in [0.25, 0.3) is 0 Å². The zero-order valence-electron chi connectivity index (χ0n) is 11.5. The number of para-hydroxylation sites is 1. The molecule has 21 heavy (non-hydrogen) atoms. The zero-order valence-corrected chi connectivity index (χ0v) is 11.5. The lowest BCUT2D eigenvalue weighted by Crippen LogP contribution is -2.58. The van der Waals surface area contributed by atoms with E-state index in [2.05, 4.69) is 0 Å². The van der Waals surface area contributed by atoms with E-state index in [1.165, 1.54) is 13.2 Å². The molecule has 0 radical (unpaired) electrons. The molecule has 2 rings (SSSR count). The Morgan fingerprint density at radius 2 is 2.05 bits per heavy atom. The van der Waals surface area contributed by atoms with E-state index in [0.717, 1.165) is 4.90 Å². The first kappa shape index (κ1) is 15.6. The summed E-state index contributed by atoms with van der Waals surface area (Å²) in [4.78, 5) is 13.4. The molecule has 1 unspecified atom stereocenters. The molecule has 1 saturated heterocycles. The number of nitrogens with zero attached hydrogens (tertiary/aromatic N) is 1. The molecule has 4 nitrogen and oxygen atoms in total. The molecule has 1 heterocycles. The van der Waals surface area contributed by atoms with Crippen molar-refractivity contribution in [3.8, 4) is 5.75 Å². The van der Waals surface area contributed by atoms with Crippen LogP contribution in [0, 0.1) is 0 Å². The Labute approximate surface area is 120 Å². The predicted molar refractivity (Wildman–Crippen MR) is 69.1 cm³/mol. The van der Waals surface area contributed by atoms with Crippen LogP contribution in [0.3, 0.4) is 0 Å². The molecule has 1 aliphatic rings. The van der Waals surface area contributed by atoms with Crippen LogP contribution in [-0.2, 0) is 0 Å². The van der Waals surface area contributed by atoms with Crippen molar-refractivity contribution in [2.45, 2.75) is 24.6 Å². The van der Waals surface area contributed by atoms with Crippen molar-refractivity contribution in [3.05, 3.63) is 29.8 Å². The summed E-state index contributed by atoms with van der Waals surface area (Å²) < 4.78 is 43.7. The number of carbonyl (C=O) groups is 1. The molecule has 0 aromatic heterocycles. The maximum absolute atomic E-state index is 12.9. The van der Waals surface area contributed by atoms with Gasteiger partial charge in [0.2, 0.25) is 0 Å². The Hall–Kier alpha value is -1.76. The first-order valence-corrected chi connectivity index (χ1v) is 6.50. The maximum Gasteiger partial charge on any atom is 0.418 e. The Morgan fingerprint density at radius 1 is 1.38 bits per heavy atom. The van der Waals surface area contributed by atoms with Gasteiger partial charge in [-0.15, -0.1) is 0 Å². The van der Waals surface area contributed by atoms with E-state index in [1.807, 2.05) is 0 Å². The van der Waals surface area contributed by atoms with Gasteiger partial charge in [0, 0.05) is 6.54 Å². The van der Waals surface area contributed by atoms with Gasteiger partial charge >= 0.3 is 6.18 Å². The van der Waals surface area contributed by atoms with E-state index in [1.54, 1.807) is 18.2 Å².